The number of carbonyl (C=O) groups is 2. The Morgan fingerprint density at radius 3 is 2.89 bits per heavy atom. The molecule has 5 rings (SSSR count). The molecule has 7 nitrogen and oxygen atoms in total. The normalized spacial score (nSPS) is 16.1. The molecular formula is C20H17N3O4S. The second-order valence-corrected chi connectivity index (χ2v) is 8.20. The van der Waals surface area contributed by atoms with Crippen LogP contribution in [0.4, 0.5) is 5.13 Å². The predicted molar refractivity (Wildman–Crippen MR) is 104 cm³/mol. The summed E-state index contributed by atoms with van der Waals surface area (Å²) in [5, 5.41) is 4.16. The minimum atomic E-state index is -0.629. The summed E-state index contributed by atoms with van der Waals surface area (Å²) < 4.78 is 5.29. The molecule has 0 radical (unpaired) electrons. The standard InChI is InChI=1S/C20H17N3O4S/c24-17(11-5-6-11)22-20-21-14-7-8-23(10-16(14)28-20)18(25)13-9-12-3-1-2-4-15(12)27-19(13)26/h1-4,9,11H,5-8,10H2,(H,21,22,24). The first-order valence-corrected chi connectivity index (χ1v) is 10.0. The van der Waals surface area contributed by atoms with Crippen LogP contribution < -0.4 is 10.9 Å². The van der Waals surface area contributed by atoms with E-state index in [9.17, 15) is 14.4 Å². The zero-order valence-corrected chi connectivity index (χ0v) is 15.8. The van der Waals surface area contributed by atoms with Gasteiger partial charge in [-0.1, -0.05) is 29.5 Å². The molecule has 2 amide bonds. The van der Waals surface area contributed by atoms with Gasteiger partial charge in [0.25, 0.3) is 5.91 Å². The van der Waals surface area contributed by atoms with Crippen molar-refractivity contribution < 1.29 is 14.0 Å². The maximum Gasteiger partial charge on any atom is 0.349 e. The van der Waals surface area contributed by atoms with Gasteiger partial charge in [-0.25, -0.2) is 9.78 Å². The van der Waals surface area contributed by atoms with Crippen molar-refractivity contribution in [3.05, 3.63) is 56.9 Å². The van der Waals surface area contributed by atoms with Crippen molar-refractivity contribution in [3.63, 3.8) is 0 Å². The molecule has 0 atom stereocenters. The molecule has 28 heavy (non-hydrogen) atoms. The zero-order chi connectivity index (χ0) is 19.3. The molecule has 1 saturated carbocycles. The molecule has 3 aromatic rings. The fraction of sp³-hybridized carbons (Fsp3) is 0.300. The number of nitrogens with zero attached hydrogens (tertiary/aromatic N) is 2. The van der Waals surface area contributed by atoms with Gasteiger partial charge in [0, 0.05) is 29.1 Å². The monoisotopic (exact) mass is 395 g/mol. The maximum atomic E-state index is 12.9. The van der Waals surface area contributed by atoms with Crippen molar-refractivity contribution in [2.75, 3.05) is 11.9 Å². The number of aromatic nitrogens is 1. The Hall–Kier alpha value is -3.00. The highest BCUT2D eigenvalue weighted by Gasteiger charge is 2.31. The lowest BCUT2D eigenvalue weighted by Crippen LogP contribution is -2.37. The number of benzene rings is 1. The molecule has 0 spiro atoms. The minimum absolute atomic E-state index is 0.0211. The molecule has 0 unspecified atom stereocenters. The van der Waals surface area contributed by atoms with Gasteiger partial charge in [0.15, 0.2) is 5.13 Å². The van der Waals surface area contributed by atoms with Crippen molar-refractivity contribution >= 4 is 39.3 Å². The van der Waals surface area contributed by atoms with Crippen LogP contribution in [0.2, 0.25) is 0 Å². The van der Waals surface area contributed by atoms with Gasteiger partial charge in [-0.2, -0.15) is 0 Å². The molecule has 8 heteroatoms. The Morgan fingerprint density at radius 2 is 2.07 bits per heavy atom. The first kappa shape index (κ1) is 17.1. The number of fused-ring (bicyclic) bond motifs is 2. The predicted octanol–water partition coefficient (Wildman–Crippen LogP) is 2.80. The van der Waals surface area contributed by atoms with E-state index < -0.39 is 5.63 Å². The summed E-state index contributed by atoms with van der Waals surface area (Å²) in [5.74, 6) is -0.207. The van der Waals surface area contributed by atoms with Gasteiger partial charge in [0.1, 0.15) is 11.1 Å². The van der Waals surface area contributed by atoms with Crippen LogP contribution in [0.5, 0.6) is 0 Å². The Kier molecular flexibility index (Phi) is 4.01. The molecule has 1 aliphatic carbocycles. The van der Waals surface area contributed by atoms with E-state index in [1.165, 1.54) is 11.3 Å². The van der Waals surface area contributed by atoms with Crippen molar-refractivity contribution in [2.45, 2.75) is 25.8 Å². The van der Waals surface area contributed by atoms with Crippen LogP contribution in [0.3, 0.4) is 0 Å². The Balaban J connectivity index is 1.37. The molecule has 1 fully saturated rings. The average molecular weight is 395 g/mol. The van der Waals surface area contributed by atoms with Crippen LogP contribution in [0.15, 0.2) is 39.5 Å². The second-order valence-electron chi connectivity index (χ2n) is 7.11. The number of amides is 2. The number of hydrogen-bond acceptors (Lipinski definition) is 6. The third-order valence-corrected chi connectivity index (χ3v) is 6.07. The van der Waals surface area contributed by atoms with Crippen LogP contribution in [-0.4, -0.2) is 28.2 Å². The molecule has 3 heterocycles. The van der Waals surface area contributed by atoms with Crippen molar-refractivity contribution in [3.8, 4) is 0 Å². The molecule has 1 aliphatic heterocycles. The van der Waals surface area contributed by atoms with E-state index in [0.717, 1.165) is 23.4 Å². The molecular weight excluding hydrogens is 378 g/mol. The van der Waals surface area contributed by atoms with Crippen LogP contribution in [-0.2, 0) is 17.8 Å². The fourth-order valence-corrected chi connectivity index (χ4v) is 4.38. The SMILES string of the molecule is O=C(Nc1nc2c(s1)CN(C(=O)c1cc3ccccc3oc1=O)CC2)C1CC1. The van der Waals surface area contributed by atoms with Gasteiger partial charge in [-0.15, -0.1) is 0 Å². The molecule has 2 aromatic heterocycles. The van der Waals surface area contributed by atoms with E-state index in [2.05, 4.69) is 10.3 Å². The summed E-state index contributed by atoms with van der Waals surface area (Å²) in [4.78, 5) is 44.2. The van der Waals surface area contributed by atoms with E-state index >= 15 is 0 Å². The van der Waals surface area contributed by atoms with Crippen LogP contribution in [0, 0.1) is 5.92 Å². The quantitative estimate of drug-likeness (QED) is 0.689. The van der Waals surface area contributed by atoms with E-state index in [-0.39, 0.29) is 23.3 Å². The molecule has 0 saturated heterocycles. The van der Waals surface area contributed by atoms with Crippen LogP contribution in [0.25, 0.3) is 11.0 Å². The van der Waals surface area contributed by atoms with Gasteiger partial charge in [0.2, 0.25) is 5.91 Å². The lowest BCUT2D eigenvalue weighted by Gasteiger charge is -2.25. The summed E-state index contributed by atoms with van der Waals surface area (Å²) in [6.07, 6.45) is 2.47. The topological polar surface area (TPSA) is 92.5 Å². The number of para-hydroxylation sites is 1. The largest absolute Gasteiger partial charge is 0.422 e. The third-order valence-electron chi connectivity index (χ3n) is 5.07. The Labute approximate surface area is 164 Å². The fourth-order valence-electron chi connectivity index (χ4n) is 3.36. The molecule has 1 N–H and O–H groups in total. The second kappa shape index (κ2) is 6.56. The number of thiazole rings is 1. The van der Waals surface area contributed by atoms with Gasteiger partial charge >= 0.3 is 5.63 Å². The highest BCUT2D eigenvalue weighted by atomic mass is 32.1. The highest BCUT2D eigenvalue weighted by Crippen LogP contribution is 2.33. The van der Waals surface area contributed by atoms with Gasteiger partial charge in [-0.05, 0) is 25.0 Å². The molecule has 1 aromatic carbocycles. The number of nitrogens with one attached hydrogen (secondary N) is 1. The lowest BCUT2D eigenvalue weighted by molar-refractivity contribution is -0.117. The van der Waals surface area contributed by atoms with Gasteiger partial charge < -0.3 is 14.6 Å². The first-order valence-electron chi connectivity index (χ1n) is 9.20. The molecule has 2 aliphatic rings. The zero-order valence-electron chi connectivity index (χ0n) is 14.9. The summed E-state index contributed by atoms with van der Waals surface area (Å²) >= 11 is 1.39. The highest BCUT2D eigenvalue weighted by molar-refractivity contribution is 7.15. The number of anilines is 1. The van der Waals surface area contributed by atoms with Gasteiger partial charge in [-0.3, -0.25) is 9.59 Å². The molecule has 142 valence electrons. The summed E-state index contributed by atoms with van der Waals surface area (Å²) in [7, 11) is 0. The average Bonchev–Trinajstić information content (AvgIpc) is 3.47. The van der Waals surface area contributed by atoms with E-state index in [4.69, 9.17) is 4.42 Å². The summed E-state index contributed by atoms with van der Waals surface area (Å²) in [6, 6.07) is 8.71. The summed E-state index contributed by atoms with van der Waals surface area (Å²) in [5.41, 5.74) is 0.777. The number of carbonyl (C=O) groups excluding carboxylic acids is 2. The summed E-state index contributed by atoms with van der Waals surface area (Å²) in [6.45, 7) is 0.843. The first-order chi connectivity index (χ1) is 13.6. The van der Waals surface area contributed by atoms with Crippen molar-refractivity contribution in [1.29, 1.82) is 0 Å². The molecule has 0 bridgehead atoms. The van der Waals surface area contributed by atoms with Gasteiger partial charge in [0.05, 0.1) is 12.2 Å². The van der Waals surface area contributed by atoms with Crippen molar-refractivity contribution in [2.24, 2.45) is 5.92 Å². The smallest absolute Gasteiger partial charge is 0.349 e. The Morgan fingerprint density at radius 1 is 1.25 bits per heavy atom. The maximum absolute atomic E-state index is 12.9. The number of hydrogen-bond donors (Lipinski definition) is 1. The minimum Gasteiger partial charge on any atom is -0.422 e. The van der Waals surface area contributed by atoms with Crippen LogP contribution >= 0.6 is 11.3 Å². The number of rotatable bonds is 3. The van der Waals surface area contributed by atoms with E-state index in [0.29, 0.717) is 35.6 Å². The Bertz CT molecular complexity index is 1160. The lowest BCUT2D eigenvalue weighted by atomic mass is 10.1. The van der Waals surface area contributed by atoms with Crippen LogP contribution in [0.1, 0.15) is 33.8 Å². The van der Waals surface area contributed by atoms with E-state index in [1.807, 2.05) is 6.07 Å². The van der Waals surface area contributed by atoms with Crippen molar-refractivity contribution in [1.82, 2.24) is 9.88 Å². The van der Waals surface area contributed by atoms with E-state index in [1.54, 1.807) is 29.2 Å². The third kappa shape index (κ3) is 3.09.